The summed E-state index contributed by atoms with van der Waals surface area (Å²) in [6.07, 6.45) is 1.78. The first kappa shape index (κ1) is 14.8. The van der Waals surface area contributed by atoms with Gasteiger partial charge in [0.25, 0.3) is 5.91 Å². The number of hydrogen-bond donors (Lipinski definition) is 0. The van der Waals surface area contributed by atoms with Crippen molar-refractivity contribution in [3.05, 3.63) is 71.3 Å². The monoisotopic (exact) mass is 295 g/mol. The molecule has 0 unspecified atom stereocenters. The molecule has 2 aromatic rings. The highest BCUT2D eigenvalue weighted by molar-refractivity contribution is 5.98. The first-order valence-electron chi connectivity index (χ1n) is 7.86. The highest BCUT2D eigenvalue weighted by atomic mass is 16.5. The number of ether oxygens (including phenoxy) is 1. The number of benzene rings is 2. The van der Waals surface area contributed by atoms with Gasteiger partial charge in [0.15, 0.2) is 6.23 Å². The van der Waals surface area contributed by atoms with Crippen molar-refractivity contribution in [3.63, 3.8) is 0 Å². The predicted octanol–water partition coefficient (Wildman–Crippen LogP) is 4.16. The molecule has 1 heterocycles. The summed E-state index contributed by atoms with van der Waals surface area (Å²) in [4.78, 5) is 14.4. The summed E-state index contributed by atoms with van der Waals surface area (Å²) in [5.41, 5.74) is 2.88. The normalized spacial score (nSPS) is 16.9. The van der Waals surface area contributed by atoms with Gasteiger partial charge in [0.05, 0.1) is 6.61 Å². The molecule has 114 valence electrons. The number of hydrogen-bond acceptors (Lipinski definition) is 2. The molecular weight excluding hydrogens is 274 g/mol. The zero-order valence-electron chi connectivity index (χ0n) is 12.9. The third kappa shape index (κ3) is 2.90. The maximum atomic E-state index is 12.6. The maximum absolute atomic E-state index is 12.6. The summed E-state index contributed by atoms with van der Waals surface area (Å²) in [5.74, 6) is 0.0853. The Bertz CT molecular complexity index is 639. The second-order valence-corrected chi connectivity index (χ2v) is 5.59. The fourth-order valence-electron chi connectivity index (χ4n) is 2.81. The lowest BCUT2D eigenvalue weighted by Gasteiger charge is -2.25. The number of rotatable bonds is 6. The molecule has 2 aromatic carbocycles. The van der Waals surface area contributed by atoms with Crippen LogP contribution in [0.5, 0.6) is 0 Å². The van der Waals surface area contributed by atoms with Gasteiger partial charge in [0, 0.05) is 17.7 Å². The highest BCUT2D eigenvalue weighted by Crippen LogP contribution is 2.35. The molecule has 1 amide bonds. The number of carbonyl (C=O) groups is 1. The molecular formula is C19H21NO2. The van der Waals surface area contributed by atoms with Crippen LogP contribution in [0.25, 0.3) is 0 Å². The van der Waals surface area contributed by atoms with Gasteiger partial charge in [0.1, 0.15) is 0 Å². The van der Waals surface area contributed by atoms with Crippen LogP contribution in [-0.4, -0.2) is 17.4 Å². The van der Waals surface area contributed by atoms with Crippen molar-refractivity contribution in [2.75, 3.05) is 6.54 Å². The van der Waals surface area contributed by atoms with Crippen molar-refractivity contribution in [1.29, 1.82) is 0 Å². The summed E-state index contributed by atoms with van der Waals surface area (Å²) in [5, 5.41) is 0. The maximum Gasteiger partial charge on any atom is 0.256 e. The van der Waals surface area contributed by atoms with E-state index in [2.05, 4.69) is 6.92 Å². The Labute approximate surface area is 131 Å². The molecule has 22 heavy (non-hydrogen) atoms. The zero-order chi connectivity index (χ0) is 15.4. The lowest BCUT2D eigenvalue weighted by molar-refractivity contribution is -0.0488. The molecule has 1 atom stereocenters. The molecule has 0 saturated carbocycles. The van der Waals surface area contributed by atoms with E-state index in [-0.39, 0.29) is 12.1 Å². The van der Waals surface area contributed by atoms with Gasteiger partial charge in [-0.1, -0.05) is 61.9 Å². The van der Waals surface area contributed by atoms with Crippen LogP contribution in [0.3, 0.4) is 0 Å². The number of unbranched alkanes of at least 4 members (excludes halogenated alkanes) is 1. The van der Waals surface area contributed by atoms with E-state index in [0.717, 1.165) is 36.1 Å². The molecule has 0 radical (unpaired) electrons. The number of amides is 1. The Morgan fingerprint density at radius 3 is 2.55 bits per heavy atom. The Hall–Kier alpha value is -2.13. The van der Waals surface area contributed by atoms with Crippen LogP contribution in [0, 0.1) is 0 Å². The molecule has 3 heteroatoms. The van der Waals surface area contributed by atoms with Gasteiger partial charge < -0.3 is 9.64 Å². The first-order chi connectivity index (χ1) is 10.8. The molecule has 0 spiro atoms. The molecule has 0 aliphatic carbocycles. The van der Waals surface area contributed by atoms with Gasteiger partial charge in [-0.3, -0.25) is 4.79 Å². The highest BCUT2D eigenvalue weighted by Gasteiger charge is 2.36. The van der Waals surface area contributed by atoms with Crippen molar-refractivity contribution < 1.29 is 9.53 Å². The quantitative estimate of drug-likeness (QED) is 0.801. The van der Waals surface area contributed by atoms with E-state index < -0.39 is 0 Å². The average Bonchev–Trinajstić information content (AvgIpc) is 2.84. The molecule has 1 aliphatic heterocycles. The number of carbonyl (C=O) groups excluding carboxylic acids is 1. The van der Waals surface area contributed by atoms with Gasteiger partial charge >= 0.3 is 0 Å². The topological polar surface area (TPSA) is 29.5 Å². The second kappa shape index (κ2) is 6.75. The number of fused-ring (bicyclic) bond motifs is 1. The molecule has 0 N–H and O–H groups in total. The van der Waals surface area contributed by atoms with Crippen molar-refractivity contribution in [3.8, 4) is 0 Å². The minimum Gasteiger partial charge on any atom is -0.349 e. The third-order valence-corrected chi connectivity index (χ3v) is 4.00. The minimum atomic E-state index is -0.268. The summed E-state index contributed by atoms with van der Waals surface area (Å²) in [6, 6.07) is 17.8. The Kier molecular flexibility index (Phi) is 4.54. The van der Waals surface area contributed by atoms with Crippen LogP contribution in [0.15, 0.2) is 54.6 Å². The van der Waals surface area contributed by atoms with Gasteiger partial charge in [-0.05, 0) is 18.1 Å². The lowest BCUT2D eigenvalue weighted by atomic mass is 10.1. The van der Waals surface area contributed by atoms with Crippen molar-refractivity contribution >= 4 is 5.91 Å². The summed E-state index contributed by atoms with van der Waals surface area (Å²) >= 11 is 0. The zero-order valence-corrected chi connectivity index (χ0v) is 12.9. The lowest BCUT2D eigenvalue weighted by Crippen LogP contribution is -2.30. The summed E-state index contributed by atoms with van der Waals surface area (Å²) < 4.78 is 6.10. The van der Waals surface area contributed by atoms with E-state index in [9.17, 15) is 4.79 Å². The van der Waals surface area contributed by atoms with Crippen LogP contribution in [0.1, 0.15) is 47.5 Å². The molecule has 0 aromatic heterocycles. The van der Waals surface area contributed by atoms with Gasteiger partial charge in [-0.2, -0.15) is 0 Å². The van der Waals surface area contributed by atoms with Crippen LogP contribution in [-0.2, 0) is 11.3 Å². The van der Waals surface area contributed by atoms with Crippen LogP contribution in [0.4, 0.5) is 0 Å². The predicted molar refractivity (Wildman–Crippen MR) is 86.4 cm³/mol. The van der Waals surface area contributed by atoms with E-state index in [1.807, 2.05) is 59.5 Å². The Morgan fingerprint density at radius 1 is 1.05 bits per heavy atom. The van der Waals surface area contributed by atoms with E-state index in [0.29, 0.717) is 6.61 Å². The molecule has 0 saturated heterocycles. The fourth-order valence-corrected chi connectivity index (χ4v) is 2.81. The smallest absolute Gasteiger partial charge is 0.256 e. The van der Waals surface area contributed by atoms with E-state index in [4.69, 9.17) is 4.74 Å². The van der Waals surface area contributed by atoms with Crippen molar-refractivity contribution in [2.24, 2.45) is 0 Å². The molecule has 0 fully saturated rings. The molecule has 3 rings (SSSR count). The van der Waals surface area contributed by atoms with Gasteiger partial charge in [0.2, 0.25) is 0 Å². The third-order valence-electron chi connectivity index (χ3n) is 4.00. The van der Waals surface area contributed by atoms with Crippen LogP contribution >= 0.6 is 0 Å². The first-order valence-corrected chi connectivity index (χ1v) is 7.86. The summed E-state index contributed by atoms with van der Waals surface area (Å²) in [6.45, 7) is 3.38. The van der Waals surface area contributed by atoms with Crippen molar-refractivity contribution in [1.82, 2.24) is 4.90 Å². The van der Waals surface area contributed by atoms with Gasteiger partial charge in [-0.25, -0.2) is 0 Å². The summed E-state index contributed by atoms with van der Waals surface area (Å²) in [7, 11) is 0. The van der Waals surface area contributed by atoms with Gasteiger partial charge in [-0.15, -0.1) is 0 Å². The number of nitrogens with zero attached hydrogens (tertiary/aromatic N) is 1. The van der Waals surface area contributed by atoms with E-state index in [1.54, 1.807) is 0 Å². The minimum absolute atomic E-state index is 0.0853. The largest absolute Gasteiger partial charge is 0.349 e. The molecule has 1 aliphatic rings. The SMILES string of the molecule is CCCCN1C(=O)c2ccccc2[C@@H]1OCc1ccccc1. The Morgan fingerprint density at radius 2 is 1.77 bits per heavy atom. The van der Waals surface area contributed by atoms with Crippen LogP contribution < -0.4 is 0 Å². The van der Waals surface area contributed by atoms with Crippen molar-refractivity contribution in [2.45, 2.75) is 32.6 Å². The second-order valence-electron chi connectivity index (χ2n) is 5.59. The average molecular weight is 295 g/mol. The van der Waals surface area contributed by atoms with Crippen LogP contribution in [0.2, 0.25) is 0 Å². The van der Waals surface area contributed by atoms with E-state index >= 15 is 0 Å². The molecule has 0 bridgehead atoms. The Balaban J connectivity index is 1.80. The van der Waals surface area contributed by atoms with E-state index in [1.165, 1.54) is 0 Å². The standard InChI is InChI=1S/C19H21NO2/c1-2-3-13-20-18(21)16-11-7-8-12-17(16)19(20)22-14-15-9-5-4-6-10-15/h4-12,19H,2-3,13-14H2,1H3/t19-/m0/s1. The molecule has 3 nitrogen and oxygen atoms in total. The fraction of sp³-hybridized carbons (Fsp3) is 0.316.